The minimum Gasteiger partial charge on any atom is -0.545 e. The Morgan fingerprint density at radius 3 is 2.40 bits per heavy atom. The van der Waals surface area contributed by atoms with Gasteiger partial charge >= 0.3 is 29.6 Å². The summed E-state index contributed by atoms with van der Waals surface area (Å²) in [6, 6.07) is 9.44. The van der Waals surface area contributed by atoms with Crippen LogP contribution in [-0.2, 0) is 0 Å². The Balaban J connectivity index is 0.00000112. The average molecular weight is 210 g/mol. The molecule has 0 atom stereocenters. The average Bonchev–Trinajstić information content (AvgIpc) is 2.16. The number of aromatic hydroxyl groups is 1. The van der Waals surface area contributed by atoms with Crippen molar-refractivity contribution in [3.63, 3.8) is 0 Å². The number of phenols is 1. The van der Waals surface area contributed by atoms with Crippen molar-refractivity contribution in [2.24, 2.45) is 0 Å². The van der Waals surface area contributed by atoms with E-state index in [2.05, 4.69) is 0 Å². The molecule has 0 aliphatic rings. The van der Waals surface area contributed by atoms with E-state index in [1.807, 2.05) is 0 Å². The van der Waals surface area contributed by atoms with Gasteiger partial charge in [0.2, 0.25) is 0 Å². The van der Waals surface area contributed by atoms with Gasteiger partial charge < -0.3 is 15.0 Å². The molecule has 2 rings (SSSR count). The van der Waals surface area contributed by atoms with Crippen molar-refractivity contribution in [1.82, 2.24) is 0 Å². The van der Waals surface area contributed by atoms with Gasteiger partial charge in [-0.25, -0.2) is 0 Å². The Labute approximate surface area is 109 Å². The molecule has 0 fully saturated rings. The number of benzene rings is 2. The first kappa shape index (κ1) is 12.0. The third-order valence-electron chi connectivity index (χ3n) is 2.06. The van der Waals surface area contributed by atoms with Crippen LogP contribution in [0.4, 0.5) is 0 Å². The van der Waals surface area contributed by atoms with E-state index < -0.39 is 5.97 Å². The van der Waals surface area contributed by atoms with Gasteiger partial charge in [0.1, 0.15) is 5.75 Å². The minimum absolute atomic E-state index is 0. The first-order valence-electron chi connectivity index (χ1n) is 4.11. The minimum atomic E-state index is -1.21. The number of rotatable bonds is 1. The quantitative estimate of drug-likeness (QED) is 0.549. The molecule has 4 heteroatoms. The summed E-state index contributed by atoms with van der Waals surface area (Å²) < 4.78 is 0. The number of carbonyl (C=O) groups excluding carboxylic acids is 1. The fraction of sp³-hybridized carbons (Fsp3) is 0. The van der Waals surface area contributed by atoms with Crippen LogP contribution in [0.1, 0.15) is 10.4 Å². The molecule has 3 nitrogen and oxygen atoms in total. The maximum atomic E-state index is 10.6. The Morgan fingerprint density at radius 1 is 1.07 bits per heavy atom. The molecule has 0 aliphatic heterocycles. The normalized spacial score (nSPS) is 9.60. The summed E-state index contributed by atoms with van der Waals surface area (Å²) in [6.07, 6.45) is 0. The number of carboxylic acid groups (broad SMARTS) is 1. The second-order valence-electron chi connectivity index (χ2n) is 3.03. The molecule has 70 valence electrons. The second kappa shape index (κ2) is 4.66. The first-order valence-corrected chi connectivity index (χ1v) is 4.11. The first-order chi connectivity index (χ1) is 6.66. The van der Waals surface area contributed by atoms with E-state index in [4.69, 9.17) is 0 Å². The van der Waals surface area contributed by atoms with E-state index in [1.165, 1.54) is 18.2 Å². The smallest absolute Gasteiger partial charge is 0.545 e. The number of phenolic OH excluding ortho intramolecular Hbond substituents is 1. The van der Waals surface area contributed by atoms with Crippen molar-refractivity contribution in [2.45, 2.75) is 0 Å². The molecular weight excluding hydrogens is 203 g/mol. The van der Waals surface area contributed by atoms with E-state index in [1.54, 1.807) is 18.2 Å². The van der Waals surface area contributed by atoms with Crippen molar-refractivity contribution in [3.8, 4) is 5.75 Å². The summed E-state index contributed by atoms with van der Waals surface area (Å²) >= 11 is 0. The van der Waals surface area contributed by atoms with Crippen molar-refractivity contribution < 1.29 is 44.6 Å². The molecule has 0 unspecified atom stereocenters. The monoisotopic (exact) mass is 210 g/mol. The molecule has 0 spiro atoms. The zero-order valence-electron chi connectivity index (χ0n) is 8.23. The Hall–Kier alpha value is -1.03. The topological polar surface area (TPSA) is 60.4 Å². The zero-order valence-corrected chi connectivity index (χ0v) is 10.2. The molecule has 2 aromatic rings. The predicted molar refractivity (Wildman–Crippen MR) is 49.9 cm³/mol. The van der Waals surface area contributed by atoms with Crippen LogP contribution in [0.25, 0.3) is 10.8 Å². The van der Waals surface area contributed by atoms with Crippen LogP contribution in [0.15, 0.2) is 36.4 Å². The molecule has 0 aromatic heterocycles. The standard InChI is InChI=1S/C11H8O3.Na/c12-10-4-3-7-1-2-8(11(13)14)5-9(7)6-10;/h1-6,12H,(H,13,14);/q;+1/p-1. The van der Waals surface area contributed by atoms with Crippen LogP contribution in [0.5, 0.6) is 5.75 Å². The van der Waals surface area contributed by atoms with Crippen LogP contribution in [0.3, 0.4) is 0 Å². The van der Waals surface area contributed by atoms with Gasteiger partial charge in [-0.15, -0.1) is 0 Å². The summed E-state index contributed by atoms with van der Waals surface area (Å²) in [5, 5.41) is 21.3. The van der Waals surface area contributed by atoms with Crippen molar-refractivity contribution in [3.05, 3.63) is 42.0 Å². The van der Waals surface area contributed by atoms with Crippen LogP contribution in [-0.4, -0.2) is 11.1 Å². The molecule has 0 amide bonds. The van der Waals surface area contributed by atoms with Gasteiger partial charge in [-0.1, -0.05) is 18.2 Å². The van der Waals surface area contributed by atoms with Crippen LogP contribution in [0, 0.1) is 0 Å². The molecular formula is C11H7NaO3. The van der Waals surface area contributed by atoms with Gasteiger partial charge in [-0.05, 0) is 34.5 Å². The number of fused-ring (bicyclic) bond motifs is 1. The third-order valence-corrected chi connectivity index (χ3v) is 2.06. The summed E-state index contributed by atoms with van der Waals surface area (Å²) in [7, 11) is 0. The summed E-state index contributed by atoms with van der Waals surface area (Å²) in [5.41, 5.74) is 0.114. The van der Waals surface area contributed by atoms with Crippen LogP contribution in [0.2, 0.25) is 0 Å². The third kappa shape index (κ3) is 2.50. The molecule has 0 bridgehead atoms. The Morgan fingerprint density at radius 2 is 1.73 bits per heavy atom. The van der Waals surface area contributed by atoms with E-state index in [0.29, 0.717) is 5.39 Å². The molecule has 0 saturated heterocycles. The van der Waals surface area contributed by atoms with Gasteiger partial charge in [0, 0.05) is 0 Å². The van der Waals surface area contributed by atoms with E-state index in [9.17, 15) is 15.0 Å². The van der Waals surface area contributed by atoms with Gasteiger partial charge in [0.05, 0.1) is 5.97 Å². The summed E-state index contributed by atoms with van der Waals surface area (Å²) in [5.74, 6) is -1.09. The Bertz CT molecular complexity index is 508. The van der Waals surface area contributed by atoms with Crippen molar-refractivity contribution in [2.75, 3.05) is 0 Å². The number of carbonyl (C=O) groups is 1. The molecule has 1 N–H and O–H groups in total. The molecule has 2 aromatic carbocycles. The van der Waals surface area contributed by atoms with Crippen LogP contribution >= 0.6 is 0 Å². The molecule has 0 radical (unpaired) electrons. The van der Waals surface area contributed by atoms with Crippen LogP contribution < -0.4 is 34.7 Å². The molecule has 0 heterocycles. The SMILES string of the molecule is O=C([O-])c1ccc2ccc(O)cc2c1.[Na+]. The van der Waals surface area contributed by atoms with Gasteiger partial charge in [-0.3, -0.25) is 0 Å². The fourth-order valence-electron chi connectivity index (χ4n) is 1.36. The number of hydrogen-bond acceptors (Lipinski definition) is 3. The Kier molecular flexibility index (Phi) is 3.74. The van der Waals surface area contributed by atoms with Gasteiger partial charge in [0.15, 0.2) is 0 Å². The van der Waals surface area contributed by atoms with E-state index >= 15 is 0 Å². The van der Waals surface area contributed by atoms with Gasteiger partial charge in [-0.2, -0.15) is 0 Å². The van der Waals surface area contributed by atoms with E-state index in [0.717, 1.165) is 5.39 Å². The molecule has 0 saturated carbocycles. The van der Waals surface area contributed by atoms with Crippen molar-refractivity contribution >= 4 is 16.7 Å². The maximum Gasteiger partial charge on any atom is 1.00 e. The van der Waals surface area contributed by atoms with E-state index in [-0.39, 0.29) is 40.9 Å². The number of hydrogen-bond donors (Lipinski definition) is 1. The number of aromatic carboxylic acids is 1. The predicted octanol–water partition coefficient (Wildman–Crippen LogP) is -2.09. The maximum absolute atomic E-state index is 10.6. The van der Waals surface area contributed by atoms with Crippen molar-refractivity contribution in [1.29, 1.82) is 0 Å². The second-order valence-corrected chi connectivity index (χ2v) is 3.03. The molecule has 15 heavy (non-hydrogen) atoms. The largest absolute Gasteiger partial charge is 1.00 e. The number of carboxylic acids is 1. The summed E-state index contributed by atoms with van der Waals surface area (Å²) in [4.78, 5) is 10.6. The van der Waals surface area contributed by atoms with Gasteiger partial charge in [0.25, 0.3) is 0 Å². The molecule has 0 aliphatic carbocycles. The summed E-state index contributed by atoms with van der Waals surface area (Å²) in [6.45, 7) is 0. The fourth-order valence-corrected chi connectivity index (χ4v) is 1.36. The zero-order chi connectivity index (χ0) is 10.1.